The van der Waals surface area contributed by atoms with Gasteiger partial charge in [-0.1, -0.05) is 42.2 Å². The van der Waals surface area contributed by atoms with Crippen molar-refractivity contribution in [3.05, 3.63) is 71.3 Å². The Morgan fingerprint density at radius 1 is 1.00 bits per heavy atom. The highest BCUT2D eigenvalue weighted by atomic mass is 16.2. The molecule has 2 aromatic carbocycles. The maximum Gasteiger partial charge on any atom is 0.253 e. The second kappa shape index (κ2) is 9.29. The van der Waals surface area contributed by atoms with E-state index in [4.69, 9.17) is 0 Å². The van der Waals surface area contributed by atoms with Gasteiger partial charge in [0.25, 0.3) is 5.91 Å². The number of hydrogen-bond donors (Lipinski definition) is 1. The Labute approximate surface area is 148 Å². The van der Waals surface area contributed by atoms with Crippen LogP contribution in [0.4, 0.5) is 0 Å². The zero-order chi connectivity index (χ0) is 18.1. The summed E-state index contributed by atoms with van der Waals surface area (Å²) in [5, 5.41) is 2.79. The van der Waals surface area contributed by atoms with Gasteiger partial charge in [-0.3, -0.25) is 9.59 Å². The van der Waals surface area contributed by atoms with Crippen LogP contribution in [0.15, 0.2) is 54.6 Å². The molecule has 0 unspecified atom stereocenters. The number of amides is 2. The highest BCUT2D eigenvalue weighted by molar-refractivity contribution is 5.93. The highest BCUT2D eigenvalue weighted by Gasteiger charge is 2.06. The van der Waals surface area contributed by atoms with E-state index < -0.39 is 0 Å². The number of carbonyl (C=O) groups is 2. The molecule has 4 nitrogen and oxygen atoms in total. The van der Waals surface area contributed by atoms with Gasteiger partial charge < -0.3 is 10.2 Å². The Morgan fingerprint density at radius 3 is 2.32 bits per heavy atom. The van der Waals surface area contributed by atoms with Gasteiger partial charge in [-0.05, 0) is 36.2 Å². The lowest BCUT2D eigenvalue weighted by molar-refractivity contribution is -0.120. The van der Waals surface area contributed by atoms with E-state index >= 15 is 0 Å². The molecule has 2 rings (SSSR count). The van der Waals surface area contributed by atoms with Gasteiger partial charge in [-0.15, -0.1) is 0 Å². The number of rotatable bonds is 5. The quantitative estimate of drug-likeness (QED) is 0.854. The van der Waals surface area contributed by atoms with Crippen LogP contribution < -0.4 is 5.32 Å². The van der Waals surface area contributed by atoms with Crippen LogP contribution in [-0.4, -0.2) is 37.4 Å². The van der Waals surface area contributed by atoms with Gasteiger partial charge >= 0.3 is 0 Å². The number of aryl methyl sites for hydroxylation is 1. The maximum atomic E-state index is 11.8. The molecule has 25 heavy (non-hydrogen) atoms. The number of carbonyl (C=O) groups excluding carboxylic acids is 2. The number of nitrogens with zero attached hydrogens (tertiary/aromatic N) is 1. The van der Waals surface area contributed by atoms with Crippen molar-refractivity contribution >= 4 is 11.8 Å². The van der Waals surface area contributed by atoms with Gasteiger partial charge in [0.2, 0.25) is 5.91 Å². The minimum atomic E-state index is -0.0369. The van der Waals surface area contributed by atoms with Crippen LogP contribution in [0.25, 0.3) is 0 Å². The molecule has 0 bridgehead atoms. The molecule has 0 radical (unpaired) electrons. The van der Waals surface area contributed by atoms with Crippen molar-refractivity contribution < 1.29 is 9.59 Å². The lowest BCUT2D eigenvalue weighted by Gasteiger charge is -2.09. The van der Waals surface area contributed by atoms with Crippen LogP contribution in [0.3, 0.4) is 0 Å². The summed E-state index contributed by atoms with van der Waals surface area (Å²) in [5.41, 5.74) is 2.59. The van der Waals surface area contributed by atoms with Gasteiger partial charge in [0.15, 0.2) is 0 Å². The first-order valence-electron chi connectivity index (χ1n) is 8.17. The third kappa shape index (κ3) is 6.15. The summed E-state index contributed by atoms with van der Waals surface area (Å²) >= 11 is 0. The van der Waals surface area contributed by atoms with Crippen LogP contribution in [0, 0.1) is 11.8 Å². The molecule has 0 spiro atoms. The molecule has 0 aromatic heterocycles. The van der Waals surface area contributed by atoms with Crippen LogP contribution in [0.5, 0.6) is 0 Å². The van der Waals surface area contributed by atoms with Crippen molar-refractivity contribution in [3.8, 4) is 11.8 Å². The average Bonchev–Trinajstić information content (AvgIpc) is 2.64. The fraction of sp³-hybridized carbons (Fsp3) is 0.238. The summed E-state index contributed by atoms with van der Waals surface area (Å²) in [6, 6.07) is 17.0. The molecule has 0 saturated carbocycles. The van der Waals surface area contributed by atoms with E-state index in [0.717, 1.165) is 17.5 Å². The van der Waals surface area contributed by atoms with Crippen molar-refractivity contribution in [1.82, 2.24) is 10.2 Å². The molecule has 0 aliphatic carbocycles. The van der Waals surface area contributed by atoms with Gasteiger partial charge in [-0.25, -0.2) is 0 Å². The Morgan fingerprint density at radius 2 is 1.68 bits per heavy atom. The number of hydrogen-bond acceptors (Lipinski definition) is 2. The van der Waals surface area contributed by atoms with E-state index in [1.54, 1.807) is 38.4 Å². The molecular weight excluding hydrogens is 312 g/mol. The molecule has 128 valence electrons. The Balaban J connectivity index is 1.76. The van der Waals surface area contributed by atoms with Gasteiger partial charge in [-0.2, -0.15) is 0 Å². The van der Waals surface area contributed by atoms with Crippen LogP contribution >= 0.6 is 0 Å². The van der Waals surface area contributed by atoms with Crippen molar-refractivity contribution in [2.24, 2.45) is 0 Å². The fourth-order valence-corrected chi connectivity index (χ4v) is 2.23. The predicted octanol–water partition coefficient (Wildman–Crippen LogP) is 2.49. The van der Waals surface area contributed by atoms with Crippen LogP contribution in [0.2, 0.25) is 0 Å². The predicted molar refractivity (Wildman–Crippen MR) is 99.1 cm³/mol. The van der Waals surface area contributed by atoms with E-state index in [1.165, 1.54) is 4.90 Å². The zero-order valence-corrected chi connectivity index (χ0v) is 14.6. The second-order valence-corrected chi connectivity index (χ2v) is 5.84. The van der Waals surface area contributed by atoms with E-state index in [2.05, 4.69) is 17.2 Å². The van der Waals surface area contributed by atoms with Crippen molar-refractivity contribution in [3.63, 3.8) is 0 Å². The van der Waals surface area contributed by atoms with Gasteiger partial charge in [0.05, 0.1) is 6.54 Å². The van der Waals surface area contributed by atoms with E-state index in [9.17, 15) is 9.59 Å². The monoisotopic (exact) mass is 334 g/mol. The smallest absolute Gasteiger partial charge is 0.253 e. The topological polar surface area (TPSA) is 49.4 Å². The van der Waals surface area contributed by atoms with Crippen molar-refractivity contribution in [2.75, 3.05) is 20.6 Å². The molecule has 0 aliphatic heterocycles. The summed E-state index contributed by atoms with van der Waals surface area (Å²) in [6.45, 7) is 0.312. The third-order valence-electron chi connectivity index (χ3n) is 3.63. The minimum Gasteiger partial charge on any atom is -0.345 e. The van der Waals surface area contributed by atoms with Crippen molar-refractivity contribution in [2.45, 2.75) is 12.8 Å². The summed E-state index contributed by atoms with van der Waals surface area (Å²) in [7, 11) is 3.44. The molecule has 0 atom stereocenters. The first kappa shape index (κ1) is 18.3. The molecule has 1 N–H and O–H groups in total. The SMILES string of the molecule is CN(C)C(=O)c1ccc(C#CCNC(=O)CCc2ccccc2)cc1. The second-order valence-electron chi connectivity index (χ2n) is 5.84. The van der Waals surface area contributed by atoms with E-state index in [1.807, 2.05) is 30.3 Å². The summed E-state index contributed by atoms with van der Waals surface area (Å²) in [6.07, 6.45) is 1.18. The summed E-state index contributed by atoms with van der Waals surface area (Å²) in [4.78, 5) is 25.1. The van der Waals surface area contributed by atoms with E-state index in [-0.39, 0.29) is 11.8 Å². The lowest BCUT2D eigenvalue weighted by Crippen LogP contribution is -2.23. The lowest BCUT2D eigenvalue weighted by atomic mass is 10.1. The largest absolute Gasteiger partial charge is 0.345 e. The molecular formula is C21H22N2O2. The molecule has 2 amide bonds. The first-order valence-corrected chi connectivity index (χ1v) is 8.17. The first-order chi connectivity index (χ1) is 12.1. The normalized spacial score (nSPS) is 9.68. The van der Waals surface area contributed by atoms with Gasteiger partial charge in [0.1, 0.15) is 0 Å². The molecule has 2 aromatic rings. The summed E-state index contributed by atoms with van der Waals surface area (Å²) < 4.78 is 0. The molecule has 4 heteroatoms. The Bertz CT molecular complexity index is 769. The van der Waals surface area contributed by atoms with Gasteiger partial charge in [0, 0.05) is 31.6 Å². The van der Waals surface area contributed by atoms with Crippen molar-refractivity contribution in [1.29, 1.82) is 0 Å². The third-order valence-corrected chi connectivity index (χ3v) is 3.63. The number of benzene rings is 2. The zero-order valence-electron chi connectivity index (χ0n) is 14.6. The Kier molecular flexibility index (Phi) is 6.79. The number of nitrogens with one attached hydrogen (secondary N) is 1. The van der Waals surface area contributed by atoms with Crippen LogP contribution in [-0.2, 0) is 11.2 Å². The maximum absolute atomic E-state index is 11.8. The molecule has 0 heterocycles. The fourth-order valence-electron chi connectivity index (χ4n) is 2.23. The van der Waals surface area contributed by atoms with Crippen LogP contribution in [0.1, 0.15) is 27.9 Å². The summed E-state index contributed by atoms with van der Waals surface area (Å²) in [5.74, 6) is 5.86. The molecule has 0 saturated heterocycles. The highest BCUT2D eigenvalue weighted by Crippen LogP contribution is 2.05. The Hall–Kier alpha value is -3.06. The molecule has 0 aliphatic rings. The average molecular weight is 334 g/mol. The van der Waals surface area contributed by atoms with E-state index in [0.29, 0.717) is 18.5 Å². The molecule has 0 fully saturated rings. The minimum absolute atomic E-state index is 0.00918. The standard InChI is InChI=1S/C21H22N2O2/c1-23(2)21(25)19-13-10-18(11-14-19)9-6-16-22-20(24)15-12-17-7-4-3-5-8-17/h3-5,7-8,10-11,13-14H,12,15-16H2,1-2H3,(H,22,24).